The SMILES string of the molecule is Cc1ccc2c(c1)c1c(n2-c2cccc(-c3cnc(N(C)C)nc3)c2)CCN(C)C1. The minimum absolute atomic E-state index is 0.722. The van der Waals surface area contributed by atoms with Crippen molar-refractivity contribution in [1.82, 2.24) is 19.4 Å². The van der Waals surface area contributed by atoms with Crippen molar-refractivity contribution in [2.45, 2.75) is 19.9 Å². The Morgan fingerprint density at radius 1 is 0.967 bits per heavy atom. The Balaban J connectivity index is 1.65. The average molecular weight is 398 g/mol. The van der Waals surface area contributed by atoms with Crippen LogP contribution in [0.1, 0.15) is 16.8 Å². The third-order valence-electron chi connectivity index (χ3n) is 5.97. The zero-order chi connectivity index (χ0) is 20.8. The second-order valence-corrected chi connectivity index (χ2v) is 8.49. The van der Waals surface area contributed by atoms with Gasteiger partial charge in [0.15, 0.2) is 0 Å². The summed E-state index contributed by atoms with van der Waals surface area (Å²) in [7, 11) is 6.12. The maximum Gasteiger partial charge on any atom is 0.224 e. The highest BCUT2D eigenvalue weighted by atomic mass is 15.2. The number of likely N-dealkylation sites (N-methyl/N-ethyl adjacent to an activating group) is 1. The molecule has 0 N–H and O–H groups in total. The Labute approximate surface area is 177 Å². The number of rotatable bonds is 3. The van der Waals surface area contributed by atoms with E-state index in [2.05, 4.69) is 75.9 Å². The van der Waals surface area contributed by atoms with Gasteiger partial charge >= 0.3 is 0 Å². The second-order valence-electron chi connectivity index (χ2n) is 8.49. The lowest BCUT2D eigenvalue weighted by Gasteiger charge is -2.24. The maximum absolute atomic E-state index is 4.49. The maximum atomic E-state index is 4.49. The van der Waals surface area contributed by atoms with Crippen molar-refractivity contribution in [3.05, 3.63) is 71.7 Å². The number of aromatic nitrogens is 3. The van der Waals surface area contributed by atoms with Gasteiger partial charge in [-0.15, -0.1) is 0 Å². The highest BCUT2D eigenvalue weighted by molar-refractivity contribution is 5.88. The van der Waals surface area contributed by atoms with E-state index < -0.39 is 0 Å². The van der Waals surface area contributed by atoms with Crippen molar-refractivity contribution >= 4 is 16.9 Å². The molecule has 0 atom stereocenters. The Morgan fingerprint density at radius 3 is 2.53 bits per heavy atom. The van der Waals surface area contributed by atoms with Gasteiger partial charge in [0.1, 0.15) is 0 Å². The molecule has 0 amide bonds. The highest BCUT2D eigenvalue weighted by Gasteiger charge is 2.23. The van der Waals surface area contributed by atoms with E-state index in [1.165, 1.54) is 33.4 Å². The summed E-state index contributed by atoms with van der Waals surface area (Å²) in [6.45, 7) is 4.26. The molecule has 3 heterocycles. The summed E-state index contributed by atoms with van der Waals surface area (Å²) in [5.41, 5.74) is 8.86. The molecule has 0 fully saturated rings. The molecule has 0 bridgehead atoms. The summed E-state index contributed by atoms with van der Waals surface area (Å²) in [5, 5.41) is 1.38. The zero-order valence-corrected chi connectivity index (χ0v) is 18.1. The molecule has 0 spiro atoms. The van der Waals surface area contributed by atoms with Crippen LogP contribution in [0.5, 0.6) is 0 Å². The summed E-state index contributed by atoms with van der Waals surface area (Å²) in [6.07, 6.45) is 4.87. The van der Waals surface area contributed by atoms with Gasteiger partial charge in [0, 0.05) is 68.3 Å². The minimum Gasteiger partial charge on any atom is -0.347 e. The molecule has 0 radical (unpaired) electrons. The van der Waals surface area contributed by atoms with Crippen molar-refractivity contribution in [2.75, 3.05) is 32.6 Å². The van der Waals surface area contributed by atoms with Crippen LogP contribution in [0.15, 0.2) is 54.9 Å². The lowest BCUT2D eigenvalue weighted by atomic mass is 10.0. The predicted molar refractivity (Wildman–Crippen MR) is 123 cm³/mol. The van der Waals surface area contributed by atoms with Crippen molar-refractivity contribution in [3.63, 3.8) is 0 Å². The van der Waals surface area contributed by atoms with Crippen molar-refractivity contribution < 1.29 is 0 Å². The number of nitrogens with zero attached hydrogens (tertiary/aromatic N) is 5. The first-order chi connectivity index (χ1) is 14.5. The molecule has 2 aromatic heterocycles. The predicted octanol–water partition coefficient (Wildman–Crippen LogP) is 4.45. The third kappa shape index (κ3) is 3.15. The molecule has 1 aliphatic heterocycles. The van der Waals surface area contributed by atoms with Crippen LogP contribution >= 0.6 is 0 Å². The van der Waals surface area contributed by atoms with Crippen LogP contribution in [0.3, 0.4) is 0 Å². The Kier molecular flexibility index (Phi) is 4.55. The van der Waals surface area contributed by atoms with Gasteiger partial charge in [0.2, 0.25) is 5.95 Å². The van der Waals surface area contributed by atoms with Gasteiger partial charge in [-0.1, -0.05) is 23.8 Å². The van der Waals surface area contributed by atoms with E-state index in [-0.39, 0.29) is 0 Å². The summed E-state index contributed by atoms with van der Waals surface area (Å²) >= 11 is 0. The number of hydrogen-bond acceptors (Lipinski definition) is 4. The van der Waals surface area contributed by atoms with Crippen LogP contribution in [0.25, 0.3) is 27.7 Å². The molecular weight excluding hydrogens is 370 g/mol. The van der Waals surface area contributed by atoms with E-state index in [1.807, 2.05) is 31.4 Å². The summed E-state index contributed by atoms with van der Waals surface area (Å²) < 4.78 is 2.45. The molecule has 0 aliphatic carbocycles. The number of hydrogen-bond donors (Lipinski definition) is 0. The molecule has 5 heteroatoms. The molecule has 1 aliphatic rings. The highest BCUT2D eigenvalue weighted by Crippen LogP contribution is 2.34. The van der Waals surface area contributed by atoms with Gasteiger partial charge in [-0.05, 0) is 49.4 Å². The molecule has 4 aromatic rings. The normalized spacial score (nSPS) is 14.1. The molecule has 0 saturated heterocycles. The number of benzene rings is 2. The van der Waals surface area contributed by atoms with E-state index in [9.17, 15) is 0 Å². The van der Waals surface area contributed by atoms with Crippen molar-refractivity contribution in [2.24, 2.45) is 0 Å². The first kappa shape index (κ1) is 18.8. The smallest absolute Gasteiger partial charge is 0.224 e. The van der Waals surface area contributed by atoms with E-state index >= 15 is 0 Å². The quantitative estimate of drug-likeness (QED) is 0.512. The molecular formula is C25H27N5. The fraction of sp³-hybridized carbons (Fsp3) is 0.280. The van der Waals surface area contributed by atoms with Crippen LogP contribution in [-0.2, 0) is 13.0 Å². The fourth-order valence-electron chi connectivity index (χ4n) is 4.43. The van der Waals surface area contributed by atoms with Crippen LogP contribution in [0, 0.1) is 6.92 Å². The Morgan fingerprint density at radius 2 is 1.77 bits per heavy atom. The minimum atomic E-state index is 0.722. The summed E-state index contributed by atoms with van der Waals surface area (Å²) in [4.78, 5) is 13.3. The summed E-state index contributed by atoms with van der Waals surface area (Å²) in [5.74, 6) is 0.722. The van der Waals surface area contributed by atoms with Crippen LogP contribution < -0.4 is 4.90 Å². The van der Waals surface area contributed by atoms with Gasteiger partial charge in [-0.2, -0.15) is 0 Å². The van der Waals surface area contributed by atoms with E-state index in [0.29, 0.717) is 0 Å². The zero-order valence-electron chi connectivity index (χ0n) is 18.1. The molecule has 5 rings (SSSR count). The standard InChI is InChI=1S/C25H27N5/c1-17-8-9-23-21(12-17)22-16-29(4)11-10-24(22)30(23)20-7-5-6-18(13-20)19-14-26-25(27-15-19)28(2)3/h5-9,12-15H,10-11,16H2,1-4H3. The molecule has 152 valence electrons. The van der Waals surface area contributed by atoms with E-state index in [4.69, 9.17) is 0 Å². The van der Waals surface area contributed by atoms with E-state index in [0.717, 1.165) is 36.6 Å². The van der Waals surface area contributed by atoms with Gasteiger partial charge in [0.25, 0.3) is 0 Å². The lowest BCUT2D eigenvalue weighted by Crippen LogP contribution is -2.27. The number of aryl methyl sites for hydroxylation is 1. The largest absolute Gasteiger partial charge is 0.347 e. The lowest BCUT2D eigenvalue weighted by molar-refractivity contribution is 0.311. The first-order valence-corrected chi connectivity index (χ1v) is 10.4. The first-order valence-electron chi connectivity index (χ1n) is 10.4. The van der Waals surface area contributed by atoms with E-state index in [1.54, 1.807) is 0 Å². The molecule has 30 heavy (non-hydrogen) atoms. The van der Waals surface area contributed by atoms with Crippen LogP contribution in [0.4, 0.5) is 5.95 Å². The van der Waals surface area contributed by atoms with Gasteiger partial charge in [0.05, 0.1) is 5.52 Å². The van der Waals surface area contributed by atoms with Gasteiger partial charge in [-0.25, -0.2) is 9.97 Å². The molecule has 0 unspecified atom stereocenters. The van der Waals surface area contributed by atoms with Crippen molar-refractivity contribution in [1.29, 1.82) is 0 Å². The van der Waals surface area contributed by atoms with Gasteiger partial charge < -0.3 is 14.4 Å². The fourth-order valence-corrected chi connectivity index (χ4v) is 4.43. The second kappa shape index (κ2) is 7.26. The van der Waals surface area contributed by atoms with Crippen molar-refractivity contribution in [3.8, 4) is 16.8 Å². The topological polar surface area (TPSA) is 37.2 Å². The third-order valence-corrected chi connectivity index (χ3v) is 5.97. The number of anilines is 1. The van der Waals surface area contributed by atoms with Crippen LogP contribution in [-0.4, -0.2) is 47.1 Å². The molecule has 5 nitrogen and oxygen atoms in total. The average Bonchev–Trinajstić information content (AvgIpc) is 3.06. The molecule has 0 saturated carbocycles. The monoisotopic (exact) mass is 397 g/mol. The summed E-state index contributed by atoms with van der Waals surface area (Å²) in [6, 6.07) is 15.5. The molecule has 2 aromatic carbocycles. The Bertz CT molecular complexity index is 1220. The Hall–Kier alpha value is -3.18. The van der Waals surface area contributed by atoms with Gasteiger partial charge in [-0.3, -0.25) is 0 Å². The number of fused-ring (bicyclic) bond motifs is 3. The van der Waals surface area contributed by atoms with Crippen LogP contribution in [0.2, 0.25) is 0 Å².